The number of ether oxygens (including phenoxy) is 1. The number of nitrogens with one attached hydrogen (secondary N) is 1. The molecule has 19 heavy (non-hydrogen) atoms. The van der Waals surface area contributed by atoms with Gasteiger partial charge in [0.05, 0.1) is 19.3 Å². The second-order valence-electron chi connectivity index (χ2n) is 5.02. The van der Waals surface area contributed by atoms with Crippen LogP contribution in [0.3, 0.4) is 0 Å². The zero-order valence-electron chi connectivity index (χ0n) is 11.6. The van der Waals surface area contributed by atoms with Gasteiger partial charge in [-0.15, -0.1) is 0 Å². The Morgan fingerprint density at radius 1 is 1.26 bits per heavy atom. The smallest absolute Gasteiger partial charge is 0.0914 e. The summed E-state index contributed by atoms with van der Waals surface area (Å²) in [5.74, 6) is 0. The number of benzene rings is 1. The number of aliphatic hydroxyl groups excluding tert-OH is 1. The van der Waals surface area contributed by atoms with Crippen LogP contribution in [0.15, 0.2) is 24.3 Å². The maximum atomic E-state index is 9.86. The minimum atomic E-state index is -0.418. The zero-order valence-corrected chi connectivity index (χ0v) is 11.6. The highest BCUT2D eigenvalue weighted by atomic mass is 16.5. The number of morpholine rings is 1. The van der Waals surface area contributed by atoms with Crippen LogP contribution in [0, 0.1) is 0 Å². The van der Waals surface area contributed by atoms with Crippen molar-refractivity contribution in [1.82, 2.24) is 10.2 Å². The Balaban J connectivity index is 1.81. The van der Waals surface area contributed by atoms with Crippen molar-refractivity contribution in [3.8, 4) is 0 Å². The van der Waals surface area contributed by atoms with Gasteiger partial charge in [-0.25, -0.2) is 0 Å². The lowest BCUT2D eigenvalue weighted by Gasteiger charge is -2.26. The van der Waals surface area contributed by atoms with Crippen LogP contribution < -0.4 is 5.32 Å². The first-order chi connectivity index (χ1) is 9.29. The maximum Gasteiger partial charge on any atom is 0.0914 e. The van der Waals surface area contributed by atoms with E-state index in [1.807, 2.05) is 19.2 Å². The minimum Gasteiger partial charge on any atom is -0.387 e. The van der Waals surface area contributed by atoms with E-state index in [9.17, 15) is 5.11 Å². The summed E-state index contributed by atoms with van der Waals surface area (Å²) in [5, 5.41) is 12.8. The van der Waals surface area contributed by atoms with Crippen molar-refractivity contribution in [2.45, 2.75) is 12.5 Å². The number of aliphatic hydroxyl groups is 1. The van der Waals surface area contributed by atoms with Crippen molar-refractivity contribution in [3.05, 3.63) is 35.4 Å². The van der Waals surface area contributed by atoms with Gasteiger partial charge in [0, 0.05) is 26.2 Å². The fourth-order valence-corrected chi connectivity index (χ4v) is 2.33. The Labute approximate surface area is 115 Å². The summed E-state index contributed by atoms with van der Waals surface area (Å²) < 4.78 is 5.34. The van der Waals surface area contributed by atoms with Crippen LogP contribution in [0.4, 0.5) is 0 Å². The third kappa shape index (κ3) is 4.58. The molecule has 1 fully saturated rings. The number of rotatable bonds is 6. The largest absolute Gasteiger partial charge is 0.387 e. The first-order valence-corrected chi connectivity index (χ1v) is 7.01. The van der Waals surface area contributed by atoms with Gasteiger partial charge in [-0.1, -0.05) is 24.3 Å². The lowest BCUT2D eigenvalue weighted by Crippen LogP contribution is -2.37. The van der Waals surface area contributed by atoms with Gasteiger partial charge in [0.15, 0.2) is 0 Å². The van der Waals surface area contributed by atoms with E-state index in [-0.39, 0.29) is 0 Å². The quantitative estimate of drug-likeness (QED) is 0.798. The Morgan fingerprint density at radius 2 is 1.95 bits per heavy atom. The molecular formula is C15H24N2O2. The van der Waals surface area contributed by atoms with E-state index in [2.05, 4.69) is 22.3 Å². The van der Waals surface area contributed by atoms with Crippen molar-refractivity contribution in [3.63, 3.8) is 0 Å². The van der Waals surface area contributed by atoms with Crippen LogP contribution >= 0.6 is 0 Å². The Kier molecular flexibility index (Phi) is 5.79. The third-order valence-electron chi connectivity index (χ3n) is 3.58. The molecule has 1 aliphatic heterocycles. The van der Waals surface area contributed by atoms with Crippen LogP contribution in [-0.4, -0.2) is 56.4 Å². The predicted octanol–water partition coefficient (Wildman–Crippen LogP) is 0.814. The molecule has 1 aliphatic rings. The van der Waals surface area contributed by atoms with Crippen LogP contribution in [0.5, 0.6) is 0 Å². The fraction of sp³-hybridized carbons (Fsp3) is 0.600. The molecule has 0 bridgehead atoms. The summed E-state index contributed by atoms with van der Waals surface area (Å²) >= 11 is 0. The van der Waals surface area contributed by atoms with Crippen molar-refractivity contribution in [1.29, 1.82) is 0 Å². The molecule has 0 amide bonds. The summed E-state index contributed by atoms with van der Waals surface area (Å²) in [6.45, 7) is 5.47. The second kappa shape index (κ2) is 7.60. The highest BCUT2D eigenvalue weighted by molar-refractivity contribution is 5.24. The van der Waals surface area contributed by atoms with E-state index in [1.165, 1.54) is 5.56 Å². The second-order valence-corrected chi connectivity index (χ2v) is 5.02. The zero-order chi connectivity index (χ0) is 13.5. The molecule has 1 unspecified atom stereocenters. The monoisotopic (exact) mass is 264 g/mol. The molecule has 0 saturated carbocycles. The van der Waals surface area contributed by atoms with Crippen molar-refractivity contribution < 1.29 is 9.84 Å². The van der Waals surface area contributed by atoms with Gasteiger partial charge >= 0.3 is 0 Å². The maximum absolute atomic E-state index is 9.86. The molecule has 1 atom stereocenters. The van der Waals surface area contributed by atoms with Crippen molar-refractivity contribution >= 4 is 0 Å². The molecule has 4 heteroatoms. The summed E-state index contributed by atoms with van der Waals surface area (Å²) in [5.41, 5.74) is 2.30. The standard InChI is InChI=1S/C15H24N2O2/c1-16-12-15(18)14-4-2-13(3-5-14)6-7-17-8-10-19-11-9-17/h2-5,15-16,18H,6-12H2,1H3. The molecule has 1 heterocycles. The third-order valence-corrected chi connectivity index (χ3v) is 3.58. The summed E-state index contributed by atoms with van der Waals surface area (Å²) in [6.07, 6.45) is 0.640. The number of hydrogen-bond acceptors (Lipinski definition) is 4. The van der Waals surface area contributed by atoms with E-state index in [4.69, 9.17) is 4.74 Å². The summed E-state index contributed by atoms with van der Waals surface area (Å²) in [4.78, 5) is 2.44. The number of likely N-dealkylation sites (N-methyl/N-ethyl adjacent to an activating group) is 1. The molecule has 0 aliphatic carbocycles. The molecule has 106 valence electrons. The van der Waals surface area contributed by atoms with Gasteiger partial charge in [-0.05, 0) is 24.6 Å². The fourth-order valence-electron chi connectivity index (χ4n) is 2.33. The van der Waals surface area contributed by atoms with E-state index in [0.29, 0.717) is 6.54 Å². The molecular weight excluding hydrogens is 240 g/mol. The minimum absolute atomic E-state index is 0.418. The molecule has 2 N–H and O–H groups in total. The average Bonchev–Trinajstić information content (AvgIpc) is 2.47. The Hall–Kier alpha value is -0.940. The van der Waals surface area contributed by atoms with Crippen molar-refractivity contribution in [2.75, 3.05) is 46.4 Å². The molecule has 0 spiro atoms. The van der Waals surface area contributed by atoms with Gasteiger partial charge in [0.25, 0.3) is 0 Å². The van der Waals surface area contributed by atoms with Crippen LogP contribution in [0.25, 0.3) is 0 Å². The SMILES string of the molecule is CNCC(O)c1ccc(CCN2CCOCC2)cc1. The average molecular weight is 264 g/mol. The summed E-state index contributed by atoms with van der Waals surface area (Å²) in [7, 11) is 1.85. The topological polar surface area (TPSA) is 44.7 Å². The van der Waals surface area contributed by atoms with Crippen LogP contribution in [-0.2, 0) is 11.2 Å². The molecule has 2 rings (SSSR count). The van der Waals surface area contributed by atoms with E-state index >= 15 is 0 Å². The Bertz CT molecular complexity index is 361. The van der Waals surface area contributed by atoms with E-state index < -0.39 is 6.10 Å². The highest BCUT2D eigenvalue weighted by Crippen LogP contribution is 2.13. The van der Waals surface area contributed by atoms with Gasteiger partial charge in [0.2, 0.25) is 0 Å². The molecule has 0 radical (unpaired) electrons. The van der Waals surface area contributed by atoms with Crippen LogP contribution in [0.1, 0.15) is 17.2 Å². The molecule has 1 aromatic rings. The van der Waals surface area contributed by atoms with Gasteiger partial charge in [-0.2, -0.15) is 0 Å². The highest BCUT2D eigenvalue weighted by Gasteiger charge is 2.10. The molecule has 1 aromatic carbocycles. The number of hydrogen-bond donors (Lipinski definition) is 2. The van der Waals surface area contributed by atoms with Gasteiger partial charge in [0.1, 0.15) is 0 Å². The first-order valence-electron chi connectivity index (χ1n) is 7.01. The lowest BCUT2D eigenvalue weighted by atomic mass is 10.0. The van der Waals surface area contributed by atoms with Gasteiger partial charge in [-0.3, -0.25) is 4.90 Å². The first kappa shape index (κ1) is 14.5. The van der Waals surface area contributed by atoms with Crippen molar-refractivity contribution in [2.24, 2.45) is 0 Å². The lowest BCUT2D eigenvalue weighted by molar-refractivity contribution is 0.0384. The van der Waals surface area contributed by atoms with Gasteiger partial charge < -0.3 is 15.2 Å². The van der Waals surface area contributed by atoms with Crippen LogP contribution in [0.2, 0.25) is 0 Å². The normalized spacial score (nSPS) is 18.4. The molecule has 1 saturated heterocycles. The van der Waals surface area contributed by atoms with E-state index in [0.717, 1.165) is 44.8 Å². The number of nitrogens with zero attached hydrogens (tertiary/aromatic N) is 1. The molecule has 0 aromatic heterocycles. The van der Waals surface area contributed by atoms with E-state index in [1.54, 1.807) is 0 Å². The Morgan fingerprint density at radius 3 is 2.58 bits per heavy atom. The predicted molar refractivity (Wildman–Crippen MR) is 76.3 cm³/mol. The summed E-state index contributed by atoms with van der Waals surface area (Å²) in [6, 6.07) is 8.29. The molecule has 4 nitrogen and oxygen atoms in total.